The quantitative estimate of drug-likeness (QED) is 0.808. The second-order valence-electron chi connectivity index (χ2n) is 4.70. The van der Waals surface area contributed by atoms with Gasteiger partial charge < -0.3 is 5.32 Å². The standard InChI is InChI=1S/C16H18BrClN2/c1-2-8-19-16(15-5-3-4-9-20-15)10-12-6-7-13(17)11-14(12)18/h3-7,9,11,16,19H,2,8,10H2,1H3. The van der Waals surface area contributed by atoms with Crippen LogP contribution in [0, 0.1) is 0 Å². The molecule has 0 saturated heterocycles. The highest BCUT2D eigenvalue weighted by atomic mass is 79.9. The summed E-state index contributed by atoms with van der Waals surface area (Å²) in [6, 6.07) is 12.2. The van der Waals surface area contributed by atoms with Crippen LogP contribution >= 0.6 is 27.5 Å². The molecule has 0 aliphatic carbocycles. The molecule has 20 heavy (non-hydrogen) atoms. The topological polar surface area (TPSA) is 24.9 Å². The molecule has 2 rings (SSSR count). The van der Waals surface area contributed by atoms with E-state index in [2.05, 4.69) is 45.3 Å². The number of rotatable bonds is 6. The molecule has 1 aromatic carbocycles. The molecular formula is C16H18BrClN2. The first kappa shape index (κ1) is 15.5. The molecular weight excluding hydrogens is 336 g/mol. The number of hydrogen-bond acceptors (Lipinski definition) is 2. The molecule has 0 bridgehead atoms. The Hall–Kier alpha value is -0.900. The third-order valence-corrected chi connectivity index (χ3v) is 3.97. The average molecular weight is 354 g/mol. The van der Waals surface area contributed by atoms with E-state index in [4.69, 9.17) is 11.6 Å². The largest absolute Gasteiger partial charge is 0.308 e. The molecule has 2 aromatic rings. The number of benzene rings is 1. The first-order valence-electron chi connectivity index (χ1n) is 6.79. The van der Waals surface area contributed by atoms with Crippen molar-refractivity contribution in [3.8, 4) is 0 Å². The van der Waals surface area contributed by atoms with Gasteiger partial charge >= 0.3 is 0 Å². The number of nitrogens with one attached hydrogen (secondary N) is 1. The van der Waals surface area contributed by atoms with Crippen molar-refractivity contribution in [2.45, 2.75) is 25.8 Å². The lowest BCUT2D eigenvalue weighted by atomic mass is 10.0. The molecule has 4 heteroatoms. The smallest absolute Gasteiger partial charge is 0.0576 e. The maximum Gasteiger partial charge on any atom is 0.0576 e. The summed E-state index contributed by atoms with van der Waals surface area (Å²) in [6.07, 6.45) is 3.76. The third kappa shape index (κ3) is 4.30. The molecule has 1 aromatic heterocycles. The SMILES string of the molecule is CCCNC(Cc1ccc(Br)cc1Cl)c1ccccn1. The van der Waals surface area contributed by atoms with Crippen LogP contribution in [0.15, 0.2) is 47.1 Å². The van der Waals surface area contributed by atoms with Gasteiger partial charge in [-0.1, -0.05) is 46.6 Å². The van der Waals surface area contributed by atoms with Gasteiger partial charge in [0.1, 0.15) is 0 Å². The predicted octanol–water partition coefficient (Wildman–Crippen LogP) is 4.78. The van der Waals surface area contributed by atoms with Gasteiger partial charge in [0.25, 0.3) is 0 Å². The Labute approximate surface area is 133 Å². The minimum absolute atomic E-state index is 0.190. The molecule has 1 N–H and O–H groups in total. The highest BCUT2D eigenvalue weighted by molar-refractivity contribution is 9.10. The van der Waals surface area contributed by atoms with Crippen LogP contribution in [0.3, 0.4) is 0 Å². The molecule has 1 unspecified atom stereocenters. The Morgan fingerprint density at radius 1 is 1.30 bits per heavy atom. The molecule has 0 spiro atoms. The van der Waals surface area contributed by atoms with Crippen molar-refractivity contribution in [2.75, 3.05) is 6.54 Å². The maximum atomic E-state index is 6.32. The van der Waals surface area contributed by atoms with E-state index in [1.807, 2.05) is 30.5 Å². The normalized spacial score (nSPS) is 12.3. The molecule has 0 aliphatic rings. The first-order chi connectivity index (χ1) is 9.70. The number of halogens is 2. The average Bonchev–Trinajstić information content (AvgIpc) is 2.46. The Balaban J connectivity index is 2.19. The molecule has 0 aliphatic heterocycles. The van der Waals surface area contributed by atoms with Crippen LogP contribution in [-0.4, -0.2) is 11.5 Å². The number of hydrogen-bond donors (Lipinski definition) is 1. The van der Waals surface area contributed by atoms with Gasteiger partial charge in [-0.15, -0.1) is 0 Å². The van der Waals surface area contributed by atoms with E-state index in [-0.39, 0.29) is 6.04 Å². The Morgan fingerprint density at radius 2 is 2.15 bits per heavy atom. The number of pyridine rings is 1. The van der Waals surface area contributed by atoms with E-state index in [0.717, 1.165) is 40.1 Å². The number of nitrogens with zero attached hydrogens (tertiary/aromatic N) is 1. The van der Waals surface area contributed by atoms with Gasteiger partial charge in [0.05, 0.1) is 11.7 Å². The molecule has 1 atom stereocenters. The lowest BCUT2D eigenvalue weighted by Crippen LogP contribution is -2.25. The van der Waals surface area contributed by atoms with Crippen LogP contribution in [0.2, 0.25) is 5.02 Å². The summed E-state index contributed by atoms with van der Waals surface area (Å²) >= 11 is 9.75. The highest BCUT2D eigenvalue weighted by Gasteiger charge is 2.14. The van der Waals surface area contributed by atoms with E-state index >= 15 is 0 Å². The molecule has 0 fully saturated rings. The predicted molar refractivity (Wildman–Crippen MR) is 88.1 cm³/mol. The summed E-state index contributed by atoms with van der Waals surface area (Å²) < 4.78 is 1.00. The van der Waals surface area contributed by atoms with Gasteiger partial charge in [0, 0.05) is 15.7 Å². The van der Waals surface area contributed by atoms with Gasteiger partial charge in [-0.3, -0.25) is 4.98 Å². The molecule has 1 heterocycles. The van der Waals surface area contributed by atoms with Crippen LogP contribution in [0.4, 0.5) is 0 Å². The fourth-order valence-electron chi connectivity index (χ4n) is 2.09. The van der Waals surface area contributed by atoms with E-state index in [9.17, 15) is 0 Å². The van der Waals surface area contributed by atoms with Crippen molar-refractivity contribution in [3.05, 3.63) is 63.3 Å². The van der Waals surface area contributed by atoms with Crippen molar-refractivity contribution < 1.29 is 0 Å². The van der Waals surface area contributed by atoms with Gasteiger partial charge in [-0.25, -0.2) is 0 Å². The first-order valence-corrected chi connectivity index (χ1v) is 7.96. The Bertz CT molecular complexity index is 545. The summed E-state index contributed by atoms with van der Waals surface area (Å²) in [5.74, 6) is 0. The monoisotopic (exact) mass is 352 g/mol. The van der Waals surface area contributed by atoms with Crippen molar-refractivity contribution >= 4 is 27.5 Å². The van der Waals surface area contributed by atoms with E-state index in [0.29, 0.717) is 0 Å². The lowest BCUT2D eigenvalue weighted by molar-refractivity contribution is 0.518. The zero-order chi connectivity index (χ0) is 14.4. The zero-order valence-corrected chi connectivity index (χ0v) is 13.8. The van der Waals surface area contributed by atoms with Crippen molar-refractivity contribution in [3.63, 3.8) is 0 Å². The van der Waals surface area contributed by atoms with Crippen molar-refractivity contribution in [1.29, 1.82) is 0 Å². The van der Waals surface area contributed by atoms with E-state index < -0.39 is 0 Å². The van der Waals surface area contributed by atoms with E-state index in [1.165, 1.54) is 0 Å². The van der Waals surface area contributed by atoms with Gasteiger partial charge in [-0.2, -0.15) is 0 Å². The van der Waals surface area contributed by atoms with Crippen LogP contribution < -0.4 is 5.32 Å². The molecule has 0 amide bonds. The molecule has 0 radical (unpaired) electrons. The molecule has 106 valence electrons. The highest BCUT2D eigenvalue weighted by Crippen LogP contribution is 2.25. The van der Waals surface area contributed by atoms with Crippen LogP contribution in [0.25, 0.3) is 0 Å². The fourth-order valence-corrected chi connectivity index (χ4v) is 2.84. The third-order valence-electron chi connectivity index (χ3n) is 3.12. The van der Waals surface area contributed by atoms with Crippen LogP contribution in [-0.2, 0) is 6.42 Å². The maximum absolute atomic E-state index is 6.32. The Morgan fingerprint density at radius 3 is 2.80 bits per heavy atom. The second-order valence-corrected chi connectivity index (χ2v) is 6.02. The molecule has 2 nitrogen and oxygen atoms in total. The van der Waals surface area contributed by atoms with Crippen LogP contribution in [0.5, 0.6) is 0 Å². The summed E-state index contributed by atoms with van der Waals surface area (Å²) in [6.45, 7) is 3.13. The van der Waals surface area contributed by atoms with Gasteiger partial charge in [0.2, 0.25) is 0 Å². The fraction of sp³-hybridized carbons (Fsp3) is 0.312. The minimum Gasteiger partial charge on any atom is -0.308 e. The van der Waals surface area contributed by atoms with E-state index in [1.54, 1.807) is 0 Å². The molecule has 0 saturated carbocycles. The summed E-state index contributed by atoms with van der Waals surface area (Å²) in [5.41, 5.74) is 2.19. The van der Waals surface area contributed by atoms with Crippen molar-refractivity contribution in [2.24, 2.45) is 0 Å². The van der Waals surface area contributed by atoms with Crippen molar-refractivity contribution in [1.82, 2.24) is 10.3 Å². The second kappa shape index (κ2) is 7.77. The number of aromatic nitrogens is 1. The lowest BCUT2D eigenvalue weighted by Gasteiger charge is -2.19. The Kier molecular flexibility index (Phi) is 6.02. The minimum atomic E-state index is 0.190. The summed E-state index contributed by atoms with van der Waals surface area (Å²) in [7, 11) is 0. The van der Waals surface area contributed by atoms with Gasteiger partial charge in [-0.05, 0) is 49.2 Å². The summed E-state index contributed by atoms with van der Waals surface area (Å²) in [5, 5.41) is 4.33. The van der Waals surface area contributed by atoms with Gasteiger partial charge in [0.15, 0.2) is 0 Å². The van der Waals surface area contributed by atoms with Crippen LogP contribution in [0.1, 0.15) is 30.6 Å². The zero-order valence-electron chi connectivity index (χ0n) is 11.4. The summed E-state index contributed by atoms with van der Waals surface area (Å²) in [4.78, 5) is 4.46.